The van der Waals surface area contributed by atoms with Gasteiger partial charge in [0.2, 0.25) is 0 Å². The van der Waals surface area contributed by atoms with Crippen molar-refractivity contribution in [2.24, 2.45) is 5.73 Å². The molecule has 0 aliphatic rings. The van der Waals surface area contributed by atoms with Gasteiger partial charge in [-0.05, 0) is 73.1 Å². The first-order valence-corrected chi connectivity index (χ1v) is 7.49. The highest BCUT2D eigenvalue weighted by atomic mass is 16.6. The molecule has 1 atom stereocenters. The highest BCUT2D eigenvalue weighted by Gasteiger charge is 2.17. The topological polar surface area (TPSA) is 88.4 Å². The van der Waals surface area contributed by atoms with Gasteiger partial charge in [0.05, 0.1) is 6.17 Å². The van der Waals surface area contributed by atoms with Gasteiger partial charge in [-0.15, -0.1) is 0 Å². The number of hydrogen-bond donors (Lipinski definition) is 4. The zero-order valence-electron chi connectivity index (χ0n) is 13.4. The molecule has 0 aromatic rings. The number of rotatable bonds is 10. The molecule has 1 unspecified atom stereocenters. The van der Waals surface area contributed by atoms with Gasteiger partial charge < -0.3 is 21.1 Å². The molecule has 0 fully saturated rings. The number of amides is 1. The Hall–Kier alpha value is -0.850. The molecule has 0 aromatic heterocycles. The first kappa shape index (κ1) is 19.1. The maximum absolute atomic E-state index is 11.5. The summed E-state index contributed by atoms with van der Waals surface area (Å²) in [6.07, 6.45) is 2.72. The molecule has 5 N–H and O–H groups in total. The lowest BCUT2D eigenvalue weighted by molar-refractivity contribution is 0.0500. The van der Waals surface area contributed by atoms with Crippen LogP contribution in [-0.2, 0) is 4.74 Å². The fraction of sp³-hybridized carbons (Fsp3) is 0.929. The standard InChI is InChI=1S/C14H32N4O2/c1-12(18-13(19)20-14(2,3)4)17-11-6-5-9-16-10-7-8-15/h12,16-17H,5-11,15H2,1-4H3,(H,18,19). The van der Waals surface area contributed by atoms with E-state index in [0.717, 1.165) is 45.4 Å². The summed E-state index contributed by atoms with van der Waals surface area (Å²) in [5.74, 6) is 0. The predicted octanol–water partition coefficient (Wildman–Crippen LogP) is 1.17. The minimum Gasteiger partial charge on any atom is -0.444 e. The monoisotopic (exact) mass is 288 g/mol. The highest BCUT2D eigenvalue weighted by Crippen LogP contribution is 2.06. The number of hydrogen-bond acceptors (Lipinski definition) is 5. The summed E-state index contributed by atoms with van der Waals surface area (Å²) in [6.45, 7) is 11.1. The molecule has 0 aliphatic carbocycles. The van der Waals surface area contributed by atoms with Gasteiger partial charge in [0.25, 0.3) is 0 Å². The normalized spacial score (nSPS) is 13.1. The fourth-order valence-electron chi connectivity index (χ4n) is 1.58. The van der Waals surface area contributed by atoms with Gasteiger partial charge in [-0.1, -0.05) is 0 Å². The summed E-state index contributed by atoms with van der Waals surface area (Å²) < 4.78 is 5.18. The maximum Gasteiger partial charge on any atom is 0.408 e. The lowest BCUT2D eigenvalue weighted by Crippen LogP contribution is -2.45. The van der Waals surface area contributed by atoms with Gasteiger partial charge in [0.15, 0.2) is 0 Å². The van der Waals surface area contributed by atoms with E-state index in [4.69, 9.17) is 10.5 Å². The first-order chi connectivity index (χ1) is 9.35. The second kappa shape index (κ2) is 10.9. The average molecular weight is 288 g/mol. The molecular weight excluding hydrogens is 256 g/mol. The van der Waals surface area contributed by atoms with Crippen molar-refractivity contribution in [3.05, 3.63) is 0 Å². The largest absolute Gasteiger partial charge is 0.444 e. The quantitative estimate of drug-likeness (QED) is 0.358. The van der Waals surface area contributed by atoms with Gasteiger partial charge in [-0.2, -0.15) is 0 Å². The smallest absolute Gasteiger partial charge is 0.408 e. The van der Waals surface area contributed by atoms with E-state index >= 15 is 0 Å². The second-order valence-corrected chi connectivity index (χ2v) is 5.92. The van der Waals surface area contributed by atoms with E-state index in [-0.39, 0.29) is 12.3 Å². The third-order valence-electron chi connectivity index (χ3n) is 2.52. The van der Waals surface area contributed by atoms with Gasteiger partial charge in [-0.25, -0.2) is 4.79 Å². The Morgan fingerprint density at radius 2 is 1.75 bits per heavy atom. The van der Waals surface area contributed by atoms with E-state index in [1.54, 1.807) is 0 Å². The molecule has 0 radical (unpaired) electrons. The Balaban J connectivity index is 3.45. The van der Waals surface area contributed by atoms with Crippen molar-refractivity contribution in [2.45, 2.75) is 58.7 Å². The average Bonchev–Trinajstić information content (AvgIpc) is 2.30. The number of alkyl carbamates (subject to hydrolysis) is 1. The van der Waals surface area contributed by atoms with E-state index in [1.807, 2.05) is 27.7 Å². The van der Waals surface area contributed by atoms with Gasteiger partial charge in [0, 0.05) is 0 Å². The van der Waals surface area contributed by atoms with Crippen LogP contribution in [-0.4, -0.2) is 44.0 Å². The Morgan fingerprint density at radius 3 is 2.35 bits per heavy atom. The molecule has 6 nitrogen and oxygen atoms in total. The van der Waals surface area contributed by atoms with E-state index in [0.29, 0.717) is 0 Å². The fourth-order valence-corrected chi connectivity index (χ4v) is 1.58. The van der Waals surface area contributed by atoms with Crippen molar-refractivity contribution >= 4 is 6.09 Å². The van der Waals surface area contributed by atoms with Crippen molar-refractivity contribution in [2.75, 3.05) is 26.2 Å². The van der Waals surface area contributed by atoms with E-state index in [9.17, 15) is 4.79 Å². The summed E-state index contributed by atoms with van der Waals surface area (Å²) >= 11 is 0. The second-order valence-electron chi connectivity index (χ2n) is 5.92. The molecule has 1 amide bonds. The number of unbranched alkanes of at least 4 members (excludes halogenated alkanes) is 1. The van der Waals surface area contributed by atoms with Crippen LogP contribution >= 0.6 is 0 Å². The Kier molecular flexibility index (Phi) is 10.4. The zero-order chi connectivity index (χ0) is 15.4. The summed E-state index contributed by atoms with van der Waals surface area (Å²) in [6, 6.07) is 0. The molecule has 6 heteroatoms. The first-order valence-electron chi connectivity index (χ1n) is 7.49. The van der Waals surface area contributed by atoms with Crippen LogP contribution in [0.15, 0.2) is 0 Å². The SMILES string of the molecule is CC(NCCCCNCCCN)NC(=O)OC(C)(C)C. The third kappa shape index (κ3) is 13.6. The van der Waals surface area contributed by atoms with Crippen LogP contribution in [0.2, 0.25) is 0 Å². The molecule has 0 saturated heterocycles. The van der Waals surface area contributed by atoms with E-state index in [2.05, 4.69) is 16.0 Å². The molecule has 20 heavy (non-hydrogen) atoms. The van der Waals surface area contributed by atoms with E-state index in [1.165, 1.54) is 0 Å². The van der Waals surface area contributed by atoms with Crippen LogP contribution < -0.4 is 21.7 Å². The lowest BCUT2D eigenvalue weighted by atomic mass is 10.2. The molecule has 0 aliphatic heterocycles. The molecule has 120 valence electrons. The minimum absolute atomic E-state index is 0.0879. The van der Waals surface area contributed by atoms with Crippen LogP contribution in [0.3, 0.4) is 0 Å². The molecule has 0 heterocycles. The molecular formula is C14H32N4O2. The van der Waals surface area contributed by atoms with Crippen LogP contribution in [0.1, 0.15) is 47.0 Å². The number of nitrogens with one attached hydrogen (secondary N) is 3. The molecule has 0 saturated carbocycles. The molecule has 0 aromatic carbocycles. The van der Waals surface area contributed by atoms with E-state index < -0.39 is 5.60 Å². The van der Waals surface area contributed by atoms with Crippen molar-refractivity contribution in [3.63, 3.8) is 0 Å². The summed E-state index contributed by atoms with van der Waals surface area (Å²) in [5.41, 5.74) is 4.95. The number of carbonyl (C=O) groups excluding carboxylic acids is 1. The van der Waals surface area contributed by atoms with Crippen LogP contribution in [0.5, 0.6) is 0 Å². The maximum atomic E-state index is 11.5. The zero-order valence-corrected chi connectivity index (χ0v) is 13.4. The van der Waals surface area contributed by atoms with Crippen molar-refractivity contribution in [1.82, 2.24) is 16.0 Å². The van der Waals surface area contributed by atoms with Crippen LogP contribution in [0, 0.1) is 0 Å². The van der Waals surface area contributed by atoms with Crippen LogP contribution in [0.25, 0.3) is 0 Å². The minimum atomic E-state index is -0.459. The van der Waals surface area contributed by atoms with Crippen LogP contribution in [0.4, 0.5) is 4.79 Å². The van der Waals surface area contributed by atoms with Crippen molar-refractivity contribution < 1.29 is 9.53 Å². The Morgan fingerprint density at radius 1 is 1.15 bits per heavy atom. The number of nitrogens with two attached hydrogens (primary N) is 1. The third-order valence-corrected chi connectivity index (χ3v) is 2.52. The predicted molar refractivity (Wildman–Crippen MR) is 82.6 cm³/mol. The Bertz CT molecular complexity index is 254. The summed E-state index contributed by atoms with van der Waals surface area (Å²) in [4.78, 5) is 11.5. The molecule has 0 bridgehead atoms. The highest BCUT2D eigenvalue weighted by molar-refractivity contribution is 5.67. The lowest BCUT2D eigenvalue weighted by Gasteiger charge is -2.22. The van der Waals surface area contributed by atoms with Gasteiger partial charge >= 0.3 is 6.09 Å². The molecule has 0 rings (SSSR count). The summed E-state index contributed by atoms with van der Waals surface area (Å²) in [7, 11) is 0. The summed E-state index contributed by atoms with van der Waals surface area (Å²) in [5, 5.41) is 9.33. The van der Waals surface area contributed by atoms with Gasteiger partial charge in [-0.3, -0.25) is 5.32 Å². The number of ether oxygens (including phenoxy) is 1. The Labute approximate surface area is 123 Å². The van der Waals surface area contributed by atoms with Crippen molar-refractivity contribution in [3.8, 4) is 0 Å². The number of carbonyl (C=O) groups is 1. The molecule has 0 spiro atoms. The van der Waals surface area contributed by atoms with Crippen molar-refractivity contribution in [1.29, 1.82) is 0 Å². The van der Waals surface area contributed by atoms with Gasteiger partial charge in [0.1, 0.15) is 5.60 Å².